The Labute approximate surface area is 103 Å². The van der Waals surface area contributed by atoms with Crippen LogP contribution < -0.4 is 5.32 Å². The van der Waals surface area contributed by atoms with Gasteiger partial charge in [-0.1, -0.05) is 33.1 Å². The molecule has 0 aromatic rings. The fourth-order valence-electron chi connectivity index (χ4n) is 2.96. The summed E-state index contributed by atoms with van der Waals surface area (Å²) in [6.07, 6.45) is 6.23. The quantitative estimate of drug-likeness (QED) is 0.801. The highest BCUT2D eigenvalue weighted by Crippen LogP contribution is 2.36. The molecule has 3 amide bonds. The van der Waals surface area contributed by atoms with E-state index in [0.717, 1.165) is 6.54 Å². The zero-order valence-electron chi connectivity index (χ0n) is 10.8. The van der Waals surface area contributed by atoms with Crippen LogP contribution >= 0.6 is 0 Å². The van der Waals surface area contributed by atoms with E-state index in [1.165, 1.54) is 32.1 Å². The molecule has 2 fully saturated rings. The molecule has 1 heterocycles. The standard InChI is InChI=1S/C13H22N2O2/c1-10-8-15(12(17)14-11(10)16)9-13(2)6-4-3-5-7-13/h10H,3-9H2,1-2H3,(H,14,16,17). The zero-order chi connectivity index (χ0) is 12.5. The molecule has 1 unspecified atom stereocenters. The molecule has 2 aliphatic rings. The Bertz CT molecular complexity index is 321. The van der Waals surface area contributed by atoms with Gasteiger partial charge in [0, 0.05) is 13.1 Å². The first kappa shape index (κ1) is 12.4. The number of nitrogens with zero attached hydrogens (tertiary/aromatic N) is 1. The van der Waals surface area contributed by atoms with Crippen molar-refractivity contribution in [1.82, 2.24) is 10.2 Å². The van der Waals surface area contributed by atoms with Gasteiger partial charge < -0.3 is 4.90 Å². The summed E-state index contributed by atoms with van der Waals surface area (Å²) in [5.74, 6) is -0.222. The second-order valence-electron chi connectivity index (χ2n) is 5.95. The number of urea groups is 1. The van der Waals surface area contributed by atoms with E-state index in [2.05, 4.69) is 12.2 Å². The minimum Gasteiger partial charge on any atom is -0.323 e. The number of rotatable bonds is 2. The second kappa shape index (κ2) is 4.67. The van der Waals surface area contributed by atoms with Crippen molar-refractivity contribution < 1.29 is 9.59 Å². The lowest BCUT2D eigenvalue weighted by Crippen LogP contribution is -2.56. The van der Waals surface area contributed by atoms with Crippen LogP contribution in [0.5, 0.6) is 0 Å². The third kappa shape index (κ3) is 2.79. The first-order valence-electron chi connectivity index (χ1n) is 6.60. The second-order valence-corrected chi connectivity index (χ2v) is 5.95. The third-order valence-corrected chi connectivity index (χ3v) is 4.09. The first-order valence-corrected chi connectivity index (χ1v) is 6.60. The van der Waals surface area contributed by atoms with Gasteiger partial charge in [-0.25, -0.2) is 4.79 Å². The summed E-state index contributed by atoms with van der Waals surface area (Å²) < 4.78 is 0. The highest BCUT2D eigenvalue weighted by molar-refractivity contribution is 5.97. The Morgan fingerprint density at radius 3 is 2.59 bits per heavy atom. The van der Waals surface area contributed by atoms with Crippen molar-refractivity contribution in [3.8, 4) is 0 Å². The third-order valence-electron chi connectivity index (χ3n) is 4.09. The summed E-state index contributed by atoms with van der Waals surface area (Å²) in [6.45, 7) is 5.50. The Balaban J connectivity index is 1.98. The highest BCUT2D eigenvalue weighted by Gasteiger charge is 2.35. The lowest BCUT2D eigenvalue weighted by Gasteiger charge is -2.40. The van der Waals surface area contributed by atoms with Crippen molar-refractivity contribution in [3.63, 3.8) is 0 Å². The first-order chi connectivity index (χ1) is 8.00. The molecular formula is C13H22N2O2. The monoisotopic (exact) mass is 238 g/mol. The van der Waals surface area contributed by atoms with E-state index in [9.17, 15) is 9.59 Å². The summed E-state index contributed by atoms with van der Waals surface area (Å²) >= 11 is 0. The van der Waals surface area contributed by atoms with Crippen LogP contribution in [0, 0.1) is 11.3 Å². The molecule has 1 saturated heterocycles. The van der Waals surface area contributed by atoms with Gasteiger partial charge in [-0.15, -0.1) is 0 Å². The molecule has 2 rings (SSSR count). The molecule has 0 spiro atoms. The van der Waals surface area contributed by atoms with Gasteiger partial charge in [0.15, 0.2) is 0 Å². The summed E-state index contributed by atoms with van der Waals surface area (Å²) in [4.78, 5) is 24.9. The van der Waals surface area contributed by atoms with Crippen molar-refractivity contribution in [3.05, 3.63) is 0 Å². The molecule has 1 aliphatic heterocycles. The predicted octanol–water partition coefficient (Wildman–Crippen LogP) is 2.14. The van der Waals surface area contributed by atoms with Gasteiger partial charge in [-0.3, -0.25) is 10.1 Å². The van der Waals surface area contributed by atoms with Crippen LogP contribution in [-0.4, -0.2) is 29.9 Å². The van der Waals surface area contributed by atoms with Gasteiger partial charge in [-0.2, -0.15) is 0 Å². The van der Waals surface area contributed by atoms with E-state index in [1.807, 2.05) is 11.8 Å². The Kier molecular flexibility index (Phi) is 3.40. The van der Waals surface area contributed by atoms with Crippen LogP contribution in [0.25, 0.3) is 0 Å². The fraction of sp³-hybridized carbons (Fsp3) is 0.846. The van der Waals surface area contributed by atoms with Crippen LogP contribution in [0.3, 0.4) is 0 Å². The number of carbonyl (C=O) groups is 2. The van der Waals surface area contributed by atoms with E-state index in [-0.39, 0.29) is 23.3 Å². The fourth-order valence-corrected chi connectivity index (χ4v) is 2.96. The predicted molar refractivity (Wildman–Crippen MR) is 65.5 cm³/mol. The molecule has 0 radical (unpaired) electrons. The summed E-state index contributed by atoms with van der Waals surface area (Å²) in [6, 6.07) is -0.208. The summed E-state index contributed by atoms with van der Waals surface area (Å²) in [5.41, 5.74) is 0.246. The molecule has 4 nitrogen and oxygen atoms in total. The van der Waals surface area contributed by atoms with Gasteiger partial charge >= 0.3 is 6.03 Å². The van der Waals surface area contributed by atoms with Gasteiger partial charge in [0.25, 0.3) is 0 Å². The molecule has 0 aromatic heterocycles. The summed E-state index contributed by atoms with van der Waals surface area (Å²) in [7, 11) is 0. The maximum absolute atomic E-state index is 11.8. The largest absolute Gasteiger partial charge is 0.324 e. The van der Waals surface area contributed by atoms with Crippen LogP contribution in [-0.2, 0) is 4.79 Å². The average molecular weight is 238 g/mol. The van der Waals surface area contributed by atoms with Crippen LogP contribution in [0.4, 0.5) is 4.79 Å². The van der Waals surface area contributed by atoms with E-state index < -0.39 is 0 Å². The van der Waals surface area contributed by atoms with Crippen molar-refractivity contribution in [2.75, 3.05) is 13.1 Å². The van der Waals surface area contributed by atoms with Gasteiger partial charge in [0.2, 0.25) is 5.91 Å². The SMILES string of the molecule is CC1CN(CC2(C)CCCCC2)C(=O)NC1=O. The lowest BCUT2D eigenvalue weighted by atomic mass is 9.75. The minimum absolute atomic E-state index is 0.0834. The molecule has 1 aliphatic carbocycles. The molecule has 17 heavy (non-hydrogen) atoms. The lowest BCUT2D eigenvalue weighted by molar-refractivity contribution is -0.125. The highest BCUT2D eigenvalue weighted by atomic mass is 16.2. The van der Waals surface area contributed by atoms with Crippen molar-refractivity contribution in [2.24, 2.45) is 11.3 Å². The van der Waals surface area contributed by atoms with Crippen LogP contribution in [0.1, 0.15) is 46.0 Å². The van der Waals surface area contributed by atoms with Crippen molar-refractivity contribution >= 4 is 11.9 Å². The molecule has 0 bridgehead atoms. The molecule has 1 saturated carbocycles. The van der Waals surface area contributed by atoms with E-state index in [1.54, 1.807) is 0 Å². The normalized spacial score (nSPS) is 29.1. The van der Waals surface area contributed by atoms with Gasteiger partial charge in [0.1, 0.15) is 0 Å². The van der Waals surface area contributed by atoms with E-state index in [4.69, 9.17) is 0 Å². The maximum atomic E-state index is 11.8. The number of hydrogen-bond donors (Lipinski definition) is 1. The minimum atomic E-state index is -0.208. The topological polar surface area (TPSA) is 49.4 Å². The molecule has 1 atom stereocenters. The average Bonchev–Trinajstić information content (AvgIpc) is 2.26. The zero-order valence-corrected chi connectivity index (χ0v) is 10.8. The van der Waals surface area contributed by atoms with Crippen LogP contribution in [0.15, 0.2) is 0 Å². The Morgan fingerprint density at radius 1 is 1.29 bits per heavy atom. The molecule has 96 valence electrons. The Hall–Kier alpha value is -1.06. The van der Waals surface area contributed by atoms with Gasteiger partial charge in [0.05, 0.1) is 5.92 Å². The van der Waals surface area contributed by atoms with Crippen molar-refractivity contribution in [1.29, 1.82) is 0 Å². The Morgan fingerprint density at radius 2 is 1.94 bits per heavy atom. The number of imide groups is 1. The molecule has 0 aromatic carbocycles. The van der Waals surface area contributed by atoms with Crippen LogP contribution in [0.2, 0.25) is 0 Å². The molecule has 4 heteroatoms. The molecule has 1 N–H and O–H groups in total. The number of carbonyl (C=O) groups excluding carboxylic acids is 2. The van der Waals surface area contributed by atoms with E-state index >= 15 is 0 Å². The maximum Gasteiger partial charge on any atom is 0.324 e. The summed E-state index contributed by atoms with van der Waals surface area (Å²) in [5, 5.41) is 2.43. The number of nitrogens with one attached hydrogen (secondary N) is 1. The smallest absolute Gasteiger partial charge is 0.323 e. The van der Waals surface area contributed by atoms with Crippen molar-refractivity contribution in [2.45, 2.75) is 46.0 Å². The number of hydrogen-bond acceptors (Lipinski definition) is 2. The van der Waals surface area contributed by atoms with E-state index in [0.29, 0.717) is 6.54 Å². The molecular weight excluding hydrogens is 216 g/mol. The number of amides is 3. The van der Waals surface area contributed by atoms with Gasteiger partial charge in [-0.05, 0) is 18.3 Å².